The molecule has 0 atom stereocenters. The number of nitrogens with two attached hydrogens (primary N) is 1. The molecule has 0 radical (unpaired) electrons. The van der Waals surface area contributed by atoms with Gasteiger partial charge in [-0.15, -0.1) is 0 Å². The molecule has 114 valence electrons. The van der Waals surface area contributed by atoms with Crippen LogP contribution in [0.1, 0.15) is 23.6 Å². The number of nitrogens with one attached hydrogen (secondary N) is 1. The van der Waals surface area contributed by atoms with E-state index in [0.717, 1.165) is 28.3 Å². The molecular weight excluding hydrogens is 303 g/mol. The van der Waals surface area contributed by atoms with Crippen molar-refractivity contribution in [2.45, 2.75) is 27.2 Å². The summed E-state index contributed by atoms with van der Waals surface area (Å²) in [6.07, 6.45) is 1.03. The molecule has 0 saturated carbocycles. The quantitative estimate of drug-likeness (QED) is 0.717. The molecule has 2 rings (SSSR count). The van der Waals surface area contributed by atoms with Crippen molar-refractivity contribution in [2.75, 3.05) is 18.1 Å². The summed E-state index contributed by atoms with van der Waals surface area (Å²) in [6.45, 7) is 6.07. The second kappa shape index (κ2) is 8.16. The fourth-order valence-corrected chi connectivity index (χ4v) is 2.53. The number of rotatable bonds is 2. The molecule has 0 aliphatic rings. The first-order valence-corrected chi connectivity index (χ1v) is 7.63. The first-order valence-electron chi connectivity index (χ1n) is 6.87. The number of hydrogen-bond donors (Lipinski definition) is 2. The van der Waals surface area contributed by atoms with Gasteiger partial charge in [-0.05, 0) is 55.2 Å². The maximum absolute atomic E-state index is 5.95. The highest BCUT2D eigenvalue weighted by Gasteiger charge is 1.99. The van der Waals surface area contributed by atoms with E-state index < -0.39 is 0 Å². The summed E-state index contributed by atoms with van der Waals surface area (Å²) in [4.78, 5) is 0. The Morgan fingerprint density at radius 2 is 1.71 bits per heavy atom. The Kier molecular flexibility index (Phi) is 6.86. The smallest absolute Gasteiger partial charge is 0.0640 e. The van der Waals surface area contributed by atoms with Gasteiger partial charge in [0.2, 0.25) is 0 Å². The van der Waals surface area contributed by atoms with E-state index in [4.69, 9.17) is 28.9 Å². The van der Waals surface area contributed by atoms with E-state index in [-0.39, 0.29) is 0 Å². The molecule has 21 heavy (non-hydrogen) atoms. The van der Waals surface area contributed by atoms with Gasteiger partial charge in [0.25, 0.3) is 0 Å². The highest BCUT2D eigenvalue weighted by Crippen LogP contribution is 2.23. The Morgan fingerprint density at radius 3 is 2.19 bits per heavy atom. The van der Waals surface area contributed by atoms with Crippen molar-refractivity contribution >= 4 is 34.6 Å². The Labute approximate surface area is 137 Å². The van der Waals surface area contributed by atoms with Gasteiger partial charge in [0, 0.05) is 7.05 Å². The van der Waals surface area contributed by atoms with E-state index in [1.165, 1.54) is 5.56 Å². The number of benzene rings is 2. The molecule has 3 N–H and O–H groups in total. The van der Waals surface area contributed by atoms with Gasteiger partial charge in [-0.1, -0.05) is 42.3 Å². The van der Waals surface area contributed by atoms with Crippen LogP contribution in [0.3, 0.4) is 0 Å². The van der Waals surface area contributed by atoms with Crippen LogP contribution in [0.2, 0.25) is 10.0 Å². The largest absolute Gasteiger partial charge is 0.397 e. The van der Waals surface area contributed by atoms with Gasteiger partial charge in [0.1, 0.15) is 0 Å². The molecule has 2 aromatic carbocycles. The van der Waals surface area contributed by atoms with Gasteiger partial charge >= 0.3 is 0 Å². The predicted octanol–water partition coefficient (Wildman–Crippen LogP) is 5.48. The third-order valence-corrected chi connectivity index (χ3v) is 3.82. The highest BCUT2D eigenvalue weighted by molar-refractivity contribution is 6.33. The van der Waals surface area contributed by atoms with E-state index in [1.54, 1.807) is 0 Å². The van der Waals surface area contributed by atoms with E-state index >= 15 is 0 Å². The van der Waals surface area contributed by atoms with Gasteiger partial charge in [-0.25, -0.2) is 0 Å². The zero-order chi connectivity index (χ0) is 16.0. The summed E-state index contributed by atoms with van der Waals surface area (Å²) in [5, 5.41) is 4.46. The van der Waals surface area contributed by atoms with Crippen molar-refractivity contribution < 1.29 is 0 Å². The highest BCUT2D eigenvalue weighted by atomic mass is 35.5. The van der Waals surface area contributed by atoms with Crippen molar-refractivity contribution in [1.82, 2.24) is 0 Å². The van der Waals surface area contributed by atoms with Crippen molar-refractivity contribution in [3.05, 3.63) is 57.1 Å². The average molecular weight is 325 g/mol. The maximum atomic E-state index is 5.95. The first-order chi connectivity index (χ1) is 9.88. The monoisotopic (exact) mass is 324 g/mol. The van der Waals surface area contributed by atoms with Crippen molar-refractivity contribution in [2.24, 2.45) is 0 Å². The molecule has 0 aliphatic carbocycles. The lowest BCUT2D eigenvalue weighted by atomic mass is 10.1. The molecule has 0 fully saturated rings. The first kappa shape index (κ1) is 17.7. The van der Waals surface area contributed by atoms with Crippen LogP contribution >= 0.6 is 23.2 Å². The minimum atomic E-state index is 0.650. The average Bonchev–Trinajstić information content (AvgIpc) is 2.45. The van der Waals surface area contributed by atoms with E-state index in [9.17, 15) is 0 Å². The van der Waals surface area contributed by atoms with Crippen LogP contribution in [0.15, 0.2) is 30.3 Å². The number of nitrogen functional groups attached to an aromatic ring is 1. The normalized spacial score (nSPS) is 9.81. The summed E-state index contributed by atoms with van der Waals surface area (Å²) in [5.74, 6) is 0. The Hall–Kier alpha value is -1.38. The molecule has 2 nitrogen and oxygen atoms in total. The number of aryl methyl sites for hydroxylation is 3. The maximum Gasteiger partial charge on any atom is 0.0640 e. The van der Waals surface area contributed by atoms with Crippen LogP contribution in [0.25, 0.3) is 0 Å². The lowest BCUT2D eigenvalue weighted by Gasteiger charge is -2.04. The number of halogens is 2. The standard InChI is InChI=1S/C9H12ClN.C8H10ClN/c1-3-7-4-5-9(11-2)8(10)6-7;1-5-3-6(2)8(10)7(9)4-5/h4-6,11H,3H2,1-2H3;3-4H,10H2,1-2H3. The number of hydrogen-bond acceptors (Lipinski definition) is 2. The zero-order valence-electron chi connectivity index (χ0n) is 12.9. The summed E-state index contributed by atoms with van der Waals surface area (Å²) in [5.41, 5.74) is 10.8. The SMILES string of the molecule is CCc1ccc(NC)c(Cl)c1.Cc1cc(C)c(N)c(Cl)c1. The molecular formula is C17H22Cl2N2. The third kappa shape index (κ3) is 5.14. The van der Waals surface area contributed by atoms with Gasteiger partial charge < -0.3 is 11.1 Å². The van der Waals surface area contributed by atoms with Crippen LogP contribution in [0, 0.1) is 13.8 Å². The third-order valence-electron chi connectivity index (χ3n) is 3.19. The minimum Gasteiger partial charge on any atom is -0.397 e. The van der Waals surface area contributed by atoms with Crippen LogP contribution in [-0.4, -0.2) is 7.05 Å². The fourth-order valence-electron chi connectivity index (χ4n) is 1.91. The molecule has 2 aromatic rings. The molecule has 0 unspecified atom stereocenters. The molecule has 0 saturated heterocycles. The summed E-state index contributed by atoms with van der Waals surface area (Å²) < 4.78 is 0. The lowest BCUT2D eigenvalue weighted by molar-refractivity contribution is 1.14. The Bertz CT molecular complexity index is 587. The molecule has 0 heterocycles. The summed E-state index contributed by atoms with van der Waals surface area (Å²) >= 11 is 11.7. The Balaban J connectivity index is 0.000000211. The van der Waals surface area contributed by atoms with Gasteiger partial charge in [-0.2, -0.15) is 0 Å². The molecule has 0 aliphatic heterocycles. The van der Waals surface area contributed by atoms with Crippen molar-refractivity contribution in [3.63, 3.8) is 0 Å². The van der Waals surface area contributed by atoms with E-state index in [2.05, 4.69) is 18.3 Å². The molecule has 0 spiro atoms. The topological polar surface area (TPSA) is 38.0 Å². The minimum absolute atomic E-state index is 0.650. The van der Waals surface area contributed by atoms with Crippen LogP contribution in [0.4, 0.5) is 11.4 Å². The number of anilines is 2. The Morgan fingerprint density at radius 1 is 1.05 bits per heavy atom. The van der Waals surface area contributed by atoms with Gasteiger partial charge in [-0.3, -0.25) is 0 Å². The predicted molar refractivity (Wildman–Crippen MR) is 95.7 cm³/mol. The van der Waals surface area contributed by atoms with Crippen molar-refractivity contribution in [1.29, 1.82) is 0 Å². The van der Waals surface area contributed by atoms with Crippen LogP contribution < -0.4 is 11.1 Å². The molecule has 0 aromatic heterocycles. The molecule has 0 amide bonds. The second-order valence-electron chi connectivity index (χ2n) is 4.90. The fraction of sp³-hybridized carbons (Fsp3) is 0.294. The van der Waals surface area contributed by atoms with Crippen LogP contribution in [0.5, 0.6) is 0 Å². The molecule has 0 bridgehead atoms. The van der Waals surface area contributed by atoms with Gasteiger partial charge in [0.15, 0.2) is 0 Å². The zero-order valence-corrected chi connectivity index (χ0v) is 14.4. The summed E-state index contributed by atoms with van der Waals surface area (Å²) in [6, 6.07) is 9.96. The van der Waals surface area contributed by atoms with Crippen molar-refractivity contribution in [3.8, 4) is 0 Å². The van der Waals surface area contributed by atoms with E-state index in [0.29, 0.717) is 10.7 Å². The lowest BCUT2D eigenvalue weighted by Crippen LogP contribution is -1.90. The summed E-state index contributed by atoms with van der Waals surface area (Å²) in [7, 11) is 1.87. The second-order valence-corrected chi connectivity index (χ2v) is 5.71. The molecule has 4 heteroatoms. The van der Waals surface area contributed by atoms with Crippen LogP contribution in [-0.2, 0) is 6.42 Å². The van der Waals surface area contributed by atoms with E-state index in [1.807, 2.05) is 45.2 Å². The van der Waals surface area contributed by atoms with Gasteiger partial charge in [0.05, 0.1) is 21.4 Å².